The summed E-state index contributed by atoms with van der Waals surface area (Å²) in [5.41, 5.74) is 1.25. The molecule has 1 aromatic rings. The zero-order valence-electron chi connectivity index (χ0n) is 16.4. The van der Waals surface area contributed by atoms with E-state index in [1.54, 1.807) is 7.11 Å². The highest BCUT2D eigenvalue weighted by molar-refractivity contribution is 5.72. The quantitative estimate of drug-likeness (QED) is 0.271. The van der Waals surface area contributed by atoms with E-state index in [-0.39, 0.29) is 36.8 Å². The van der Waals surface area contributed by atoms with E-state index in [1.165, 1.54) is 5.56 Å². The summed E-state index contributed by atoms with van der Waals surface area (Å²) in [6.45, 7) is 1.20. The van der Waals surface area contributed by atoms with E-state index in [1.807, 2.05) is 30.4 Å². The summed E-state index contributed by atoms with van der Waals surface area (Å²) < 4.78 is 21.6. The fraction of sp³-hybridized carbons (Fsp3) is 0.591. The average molecular weight is 390 g/mol. The van der Waals surface area contributed by atoms with Crippen LogP contribution in [0.2, 0.25) is 0 Å². The van der Waals surface area contributed by atoms with Gasteiger partial charge in [0, 0.05) is 25.4 Å². The fourth-order valence-electron chi connectivity index (χ4n) is 3.96. The van der Waals surface area contributed by atoms with Gasteiger partial charge in [0.25, 0.3) is 0 Å². The Hall–Kier alpha value is -1.73. The molecule has 0 aromatic heterocycles. The lowest BCUT2D eigenvalue weighted by atomic mass is 9.91. The zero-order valence-corrected chi connectivity index (χ0v) is 16.4. The van der Waals surface area contributed by atoms with Crippen molar-refractivity contribution < 1.29 is 28.8 Å². The Balaban J connectivity index is 1.56. The number of esters is 1. The van der Waals surface area contributed by atoms with E-state index < -0.39 is 6.10 Å². The Morgan fingerprint density at radius 3 is 2.89 bits per heavy atom. The van der Waals surface area contributed by atoms with Crippen molar-refractivity contribution in [2.75, 3.05) is 27.1 Å². The van der Waals surface area contributed by atoms with Crippen LogP contribution in [-0.2, 0) is 30.2 Å². The molecule has 1 aromatic carbocycles. The normalized spacial score (nSPS) is 27.9. The first kappa shape index (κ1) is 21.0. The van der Waals surface area contributed by atoms with Crippen LogP contribution in [-0.4, -0.2) is 56.5 Å². The van der Waals surface area contributed by atoms with E-state index in [0.717, 1.165) is 12.8 Å². The van der Waals surface area contributed by atoms with Gasteiger partial charge in [-0.15, -0.1) is 0 Å². The van der Waals surface area contributed by atoms with Crippen LogP contribution in [0.3, 0.4) is 0 Å². The van der Waals surface area contributed by atoms with E-state index in [9.17, 15) is 9.90 Å². The van der Waals surface area contributed by atoms with Crippen molar-refractivity contribution in [1.82, 2.24) is 0 Å². The van der Waals surface area contributed by atoms with Gasteiger partial charge in [-0.05, 0) is 18.4 Å². The summed E-state index contributed by atoms with van der Waals surface area (Å²) >= 11 is 0. The van der Waals surface area contributed by atoms with Crippen LogP contribution in [0.25, 0.3) is 0 Å². The predicted octanol–water partition coefficient (Wildman–Crippen LogP) is 2.49. The summed E-state index contributed by atoms with van der Waals surface area (Å²) in [5.74, 6) is -0.177. The van der Waals surface area contributed by atoms with E-state index in [4.69, 9.17) is 18.9 Å². The molecule has 6 heteroatoms. The molecule has 0 radical (unpaired) electrons. The number of rotatable bonds is 11. The number of ether oxygens (including phenoxy) is 4. The molecule has 6 nitrogen and oxygen atoms in total. The van der Waals surface area contributed by atoms with Crippen LogP contribution in [0.5, 0.6) is 0 Å². The van der Waals surface area contributed by atoms with Crippen LogP contribution in [0.15, 0.2) is 42.5 Å². The summed E-state index contributed by atoms with van der Waals surface area (Å²) in [6, 6.07) is 10.3. The number of hydrogen-bond donors (Lipinski definition) is 1. The number of hydrogen-bond acceptors (Lipinski definition) is 6. The average Bonchev–Trinajstić information content (AvgIpc) is 3.18. The van der Waals surface area contributed by atoms with Crippen LogP contribution in [0, 0.1) is 11.8 Å². The number of aliphatic hydroxyl groups excluding tert-OH is 1. The second-order valence-corrected chi connectivity index (χ2v) is 7.41. The Morgan fingerprint density at radius 2 is 2.11 bits per heavy atom. The van der Waals surface area contributed by atoms with E-state index in [0.29, 0.717) is 26.1 Å². The monoisotopic (exact) mass is 390 g/mol. The predicted molar refractivity (Wildman–Crippen MR) is 104 cm³/mol. The van der Waals surface area contributed by atoms with Gasteiger partial charge in [-0.3, -0.25) is 4.79 Å². The lowest BCUT2D eigenvalue weighted by Gasteiger charge is -2.18. The van der Waals surface area contributed by atoms with Crippen LogP contribution in [0.4, 0.5) is 0 Å². The molecule has 0 bridgehead atoms. The van der Waals surface area contributed by atoms with Crippen molar-refractivity contribution in [2.45, 2.75) is 44.0 Å². The fourth-order valence-corrected chi connectivity index (χ4v) is 3.96. The number of aliphatic hydroxyl groups is 1. The number of carbonyl (C=O) groups excluding carboxylic acids is 1. The van der Waals surface area contributed by atoms with Gasteiger partial charge in [0.15, 0.2) is 0 Å². The van der Waals surface area contributed by atoms with Crippen molar-refractivity contribution in [3.8, 4) is 0 Å². The summed E-state index contributed by atoms with van der Waals surface area (Å²) in [4.78, 5) is 11.6. The SMILES string of the molecule is COCCOCO[C@H](C=C[C@@H]1[C@H]2CC(=O)O[C@H]2C[C@H]1O)CCc1ccccc1. The van der Waals surface area contributed by atoms with Gasteiger partial charge >= 0.3 is 5.97 Å². The highest BCUT2D eigenvalue weighted by Crippen LogP contribution is 2.42. The van der Waals surface area contributed by atoms with Gasteiger partial charge < -0.3 is 24.1 Å². The molecule has 1 saturated carbocycles. The third-order valence-electron chi connectivity index (χ3n) is 5.48. The Morgan fingerprint density at radius 1 is 1.29 bits per heavy atom. The zero-order chi connectivity index (χ0) is 19.8. The van der Waals surface area contributed by atoms with Gasteiger partial charge in [0.1, 0.15) is 12.9 Å². The van der Waals surface area contributed by atoms with Crippen molar-refractivity contribution in [1.29, 1.82) is 0 Å². The number of methoxy groups -OCH3 is 1. The largest absolute Gasteiger partial charge is 0.462 e. The minimum absolute atomic E-state index is 0.0616. The van der Waals surface area contributed by atoms with E-state index in [2.05, 4.69) is 12.1 Å². The molecule has 1 aliphatic heterocycles. The maximum Gasteiger partial charge on any atom is 0.306 e. The second-order valence-electron chi connectivity index (χ2n) is 7.41. The van der Waals surface area contributed by atoms with Crippen molar-refractivity contribution in [2.24, 2.45) is 11.8 Å². The molecule has 154 valence electrons. The standard InChI is InChI=1S/C22H30O6/c1-25-11-12-26-15-27-17(8-7-16-5-3-2-4-6-16)9-10-18-19-13-22(24)28-21(19)14-20(18)23/h2-6,9-10,17-21,23H,7-8,11-15H2,1H3/t17-,18+,19+,20+,21-/m0/s1. The van der Waals surface area contributed by atoms with Crippen LogP contribution >= 0.6 is 0 Å². The summed E-state index contributed by atoms with van der Waals surface area (Å²) in [6.07, 6.45) is 5.82. The molecule has 2 fully saturated rings. The third kappa shape index (κ3) is 5.88. The topological polar surface area (TPSA) is 74.2 Å². The molecule has 1 saturated heterocycles. The van der Waals surface area contributed by atoms with Gasteiger partial charge in [-0.1, -0.05) is 42.5 Å². The lowest BCUT2D eigenvalue weighted by molar-refractivity contribution is -0.141. The number of carbonyl (C=O) groups is 1. The lowest BCUT2D eigenvalue weighted by Crippen LogP contribution is -2.20. The highest BCUT2D eigenvalue weighted by Gasteiger charge is 2.48. The number of fused-ring (bicyclic) bond motifs is 1. The van der Waals surface area contributed by atoms with Crippen molar-refractivity contribution >= 4 is 5.97 Å². The molecule has 2 aliphatic rings. The molecular formula is C22H30O6. The molecule has 0 spiro atoms. The summed E-state index contributed by atoms with van der Waals surface area (Å²) in [7, 11) is 1.63. The maximum absolute atomic E-state index is 11.6. The van der Waals surface area contributed by atoms with Crippen molar-refractivity contribution in [3.05, 3.63) is 48.0 Å². The first-order valence-electron chi connectivity index (χ1n) is 9.95. The van der Waals surface area contributed by atoms with Gasteiger partial charge in [-0.2, -0.15) is 0 Å². The Bertz CT molecular complexity index is 631. The molecule has 1 heterocycles. The minimum atomic E-state index is -0.480. The third-order valence-corrected chi connectivity index (χ3v) is 5.48. The maximum atomic E-state index is 11.6. The summed E-state index contributed by atoms with van der Waals surface area (Å²) in [5, 5.41) is 10.4. The Labute approximate surface area is 166 Å². The molecule has 28 heavy (non-hydrogen) atoms. The van der Waals surface area contributed by atoms with Crippen LogP contribution < -0.4 is 0 Å². The molecule has 5 atom stereocenters. The molecule has 3 rings (SSSR count). The Kier molecular flexibility index (Phi) is 8.03. The smallest absolute Gasteiger partial charge is 0.306 e. The first-order chi connectivity index (χ1) is 13.7. The van der Waals surface area contributed by atoms with Crippen molar-refractivity contribution in [3.63, 3.8) is 0 Å². The molecular weight excluding hydrogens is 360 g/mol. The molecule has 0 amide bonds. The molecule has 0 unspecified atom stereocenters. The highest BCUT2D eigenvalue weighted by atomic mass is 16.7. The van der Waals surface area contributed by atoms with Crippen LogP contribution in [0.1, 0.15) is 24.8 Å². The van der Waals surface area contributed by atoms with E-state index >= 15 is 0 Å². The number of benzene rings is 1. The van der Waals surface area contributed by atoms with Gasteiger partial charge in [0.2, 0.25) is 0 Å². The van der Waals surface area contributed by atoms with Gasteiger partial charge in [0.05, 0.1) is 31.8 Å². The van der Waals surface area contributed by atoms with Gasteiger partial charge in [-0.25, -0.2) is 0 Å². The molecule has 1 N–H and O–H groups in total. The second kappa shape index (κ2) is 10.7. The molecule has 1 aliphatic carbocycles. The minimum Gasteiger partial charge on any atom is -0.462 e. The number of aryl methyl sites for hydroxylation is 1. The first-order valence-corrected chi connectivity index (χ1v) is 9.95.